The predicted octanol–water partition coefficient (Wildman–Crippen LogP) is 5.16. The van der Waals surface area contributed by atoms with Crippen LogP contribution < -0.4 is 0 Å². The highest BCUT2D eigenvalue weighted by atomic mass is 14.7. The minimum absolute atomic E-state index is 0.689. The van der Waals surface area contributed by atoms with Crippen LogP contribution >= 0.6 is 0 Å². The number of hydrogen-bond acceptors (Lipinski definition) is 1. The van der Waals surface area contributed by atoms with Gasteiger partial charge in [-0.25, -0.2) is 0 Å². The zero-order valence-electron chi connectivity index (χ0n) is 12.2. The summed E-state index contributed by atoms with van der Waals surface area (Å²) in [6.07, 6.45) is 12.1. The van der Waals surface area contributed by atoms with Gasteiger partial charge in [-0.1, -0.05) is 39.0 Å². The second-order valence-electron chi connectivity index (χ2n) is 6.09. The molecule has 100 valence electrons. The number of hydrogen-bond donors (Lipinski definition) is 0. The Morgan fingerprint density at radius 1 is 1.22 bits per heavy atom. The lowest BCUT2D eigenvalue weighted by atomic mass is 9.82. The smallest absolute Gasteiger partial charge is 0.0404 e. The molecule has 1 aromatic heterocycles. The fourth-order valence-electron chi connectivity index (χ4n) is 3.31. The molecule has 1 aliphatic carbocycles. The molecule has 1 unspecified atom stereocenters. The molecule has 1 nitrogen and oxygen atoms in total. The summed E-state index contributed by atoms with van der Waals surface area (Å²) in [5, 5.41) is 0. The molecule has 0 amide bonds. The van der Waals surface area contributed by atoms with Crippen LogP contribution in [0.2, 0.25) is 0 Å². The minimum Gasteiger partial charge on any atom is -0.261 e. The van der Waals surface area contributed by atoms with E-state index in [1.807, 2.05) is 6.20 Å². The highest BCUT2D eigenvalue weighted by Gasteiger charge is 2.16. The van der Waals surface area contributed by atoms with Crippen LogP contribution in [0.5, 0.6) is 0 Å². The standard InChI is InChI=1S/C17H27N/c1-13(9-10-16-7-5-4-6-8-16)17-11-12-18-15(3)14(17)2/h11-13,16H,4-10H2,1-3H3. The van der Waals surface area contributed by atoms with Crippen molar-refractivity contribution in [3.05, 3.63) is 29.1 Å². The van der Waals surface area contributed by atoms with Crippen LogP contribution in [-0.4, -0.2) is 4.98 Å². The minimum atomic E-state index is 0.689. The molecule has 0 aromatic carbocycles. The average molecular weight is 245 g/mol. The first-order valence-corrected chi connectivity index (χ1v) is 7.60. The molecule has 1 aliphatic rings. The first-order valence-electron chi connectivity index (χ1n) is 7.60. The Bertz CT molecular complexity index is 377. The van der Waals surface area contributed by atoms with Gasteiger partial charge in [-0.3, -0.25) is 4.98 Å². The fourth-order valence-corrected chi connectivity index (χ4v) is 3.31. The van der Waals surface area contributed by atoms with Gasteiger partial charge < -0.3 is 0 Å². The second kappa shape index (κ2) is 6.36. The Labute approximate surface area is 112 Å². The first kappa shape index (κ1) is 13.6. The molecule has 1 heteroatoms. The van der Waals surface area contributed by atoms with E-state index in [4.69, 9.17) is 0 Å². The summed E-state index contributed by atoms with van der Waals surface area (Å²) < 4.78 is 0. The van der Waals surface area contributed by atoms with Crippen molar-refractivity contribution >= 4 is 0 Å². The van der Waals surface area contributed by atoms with Gasteiger partial charge in [0.25, 0.3) is 0 Å². The molecule has 0 radical (unpaired) electrons. The van der Waals surface area contributed by atoms with Gasteiger partial charge in [0, 0.05) is 11.9 Å². The van der Waals surface area contributed by atoms with Crippen LogP contribution in [0.15, 0.2) is 12.3 Å². The van der Waals surface area contributed by atoms with E-state index >= 15 is 0 Å². The summed E-state index contributed by atoms with van der Waals surface area (Å²) in [5.41, 5.74) is 4.10. The number of aryl methyl sites for hydroxylation is 1. The summed E-state index contributed by atoms with van der Waals surface area (Å²) >= 11 is 0. The van der Waals surface area contributed by atoms with Crippen LogP contribution in [0.25, 0.3) is 0 Å². The van der Waals surface area contributed by atoms with Crippen molar-refractivity contribution in [3.8, 4) is 0 Å². The molecule has 0 saturated heterocycles. The van der Waals surface area contributed by atoms with Gasteiger partial charge in [-0.05, 0) is 55.7 Å². The van der Waals surface area contributed by atoms with E-state index in [-0.39, 0.29) is 0 Å². The summed E-state index contributed by atoms with van der Waals surface area (Å²) in [5.74, 6) is 1.69. The summed E-state index contributed by atoms with van der Waals surface area (Å²) in [7, 11) is 0. The zero-order chi connectivity index (χ0) is 13.0. The third-order valence-electron chi connectivity index (χ3n) is 4.76. The molecule has 1 aromatic rings. The molecule has 0 aliphatic heterocycles. The Kier molecular flexibility index (Phi) is 4.79. The Hall–Kier alpha value is -0.850. The Balaban J connectivity index is 1.90. The highest BCUT2D eigenvalue weighted by molar-refractivity contribution is 5.30. The van der Waals surface area contributed by atoms with Gasteiger partial charge in [0.2, 0.25) is 0 Å². The molecule has 18 heavy (non-hydrogen) atoms. The van der Waals surface area contributed by atoms with Crippen molar-refractivity contribution in [2.75, 3.05) is 0 Å². The Morgan fingerprint density at radius 3 is 2.67 bits per heavy atom. The zero-order valence-corrected chi connectivity index (χ0v) is 12.2. The molecular weight excluding hydrogens is 218 g/mol. The molecule has 1 heterocycles. The highest BCUT2D eigenvalue weighted by Crippen LogP contribution is 2.32. The maximum Gasteiger partial charge on any atom is 0.0404 e. The third-order valence-corrected chi connectivity index (χ3v) is 4.76. The van der Waals surface area contributed by atoms with Crippen LogP contribution in [0.4, 0.5) is 0 Å². The average Bonchev–Trinajstić information content (AvgIpc) is 2.40. The van der Waals surface area contributed by atoms with Crippen molar-refractivity contribution in [2.45, 2.75) is 71.6 Å². The molecule has 1 fully saturated rings. The largest absolute Gasteiger partial charge is 0.261 e. The maximum atomic E-state index is 4.37. The van der Waals surface area contributed by atoms with E-state index in [2.05, 4.69) is 31.8 Å². The van der Waals surface area contributed by atoms with Gasteiger partial charge in [-0.15, -0.1) is 0 Å². The van der Waals surface area contributed by atoms with E-state index < -0.39 is 0 Å². The number of pyridine rings is 1. The Morgan fingerprint density at radius 2 is 1.94 bits per heavy atom. The molecular formula is C17H27N. The fraction of sp³-hybridized carbons (Fsp3) is 0.706. The molecule has 1 saturated carbocycles. The van der Waals surface area contributed by atoms with Crippen LogP contribution in [0.1, 0.15) is 74.6 Å². The number of aromatic nitrogens is 1. The summed E-state index contributed by atoms with van der Waals surface area (Å²) in [4.78, 5) is 4.37. The number of nitrogens with zero attached hydrogens (tertiary/aromatic N) is 1. The monoisotopic (exact) mass is 245 g/mol. The van der Waals surface area contributed by atoms with E-state index in [1.165, 1.54) is 61.8 Å². The van der Waals surface area contributed by atoms with Gasteiger partial charge in [-0.2, -0.15) is 0 Å². The van der Waals surface area contributed by atoms with Crippen LogP contribution in [0, 0.1) is 19.8 Å². The lowest BCUT2D eigenvalue weighted by Crippen LogP contribution is -2.08. The van der Waals surface area contributed by atoms with Crippen LogP contribution in [0.3, 0.4) is 0 Å². The number of rotatable bonds is 4. The van der Waals surface area contributed by atoms with E-state index in [9.17, 15) is 0 Å². The van der Waals surface area contributed by atoms with Gasteiger partial charge in [0.05, 0.1) is 0 Å². The van der Waals surface area contributed by atoms with E-state index in [0.29, 0.717) is 5.92 Å². The van der Waals surface area contributed by atoms with Crippen molar-refractivity contribution in [2.24, 2.45) is 5.92 Å². The van der Waals surface area contributed by atoms with Gasteiger partial charge in [0.15, 0.2) is 0 Å². The topological polar surface area (TPSA) is 12.9 Å². The maximum absolute atomic E-state index is 4.37. The van der Waals surface area contributed by atoms with Gasteiger partial charge in [0.1, 0.15) is 0 Å². The lowest BCUT2D eigenvalue weighted by Gasteiger charge is -2.23. The van der Waals surface area contributed by atoms with Crippen molar-refractivity contribution < 1.29 is 0 Å². The molecule has 0 N–H and O–H groups in total. The first-order chi connectivity index (χ1) is 8.68. The third kappa shape index (κ3) is 3.34. The lowest BCUT2D eigenvalue weighted by molar-refractivity contribution is 0.325. The second-order valence-corrected chi connectivity index (χ2v) is 6.09. The summed E-state index contributed by atoms with van der Waals surface area (Å²) in [6.45, 7) is 6.71. The molecule has 0 spiro atoms. The van der Waals surface area contributed by atoms with E-state index in [0.717, 1.165) is 5.92 Å². The van der Waals surface area contributed by atoms with Crippen LogP contribution in [-0.2, 0) is 0 Å². The summed E-state index contributed by atoms with van der Waals surface area (Å²) in [6, 6.07) is 2.22. The molecule has 2 rings (SSSR count). The normalized spacial score (nSPS) is 18.8. The van der Waals surface area contributed by atoms with Crippen molar-refractivity contribution in [1.82, 2.24) is 4.98 Å². The SMILES string of the molecule is Cc1nccc(C(C)CCC2CCCCC2)c1C. The van der Waals surface area contributed by atoms with Gasteiger partial charge >= 0.3 is 0 Å². The molecule has 1 atom stereocenters. The van der Waals surface area contributed by atoms with E-state index in [1.54, 1.807) is 0 Å². The van der Waals surface area contributed by atoms with Crippen molar-refractivity contribution in [1.29, 1.82) is 0 Å². The van der Waals surface area contributed by atoms with Crippen molar-refractivity contribution in [3.63, 3.8) is 0 Å². The quantitative estimate of drug-likeness (QED) is 0.713. The predicted molar refractivity (Wildman–Crippen MR) is 77.9 cm³/mol. The molecule has 0 bridgehead atoms.